The highest BCUT2D eigenvalue weighted by Gasteiger charge is 2.50. The van der Waals surface area contributed by atoms with E-state index >= 15 is 0 Å². The Bertz CT molecular complexity index is 296. The van der Waals surface area contributed by atoms with Crippen molar-refractivity contribution in [2.24, 2.45) is 17.3 Å². The van der Waals surface area contributed by atoms with Crippen molar-refractivity contribution < 1.29 is 4.79 Å². The summed E-state index contributed by atoms with van der Waals surface area (Å²) in [5, 5.41) is 3.45. The topological polar surface area (TPSA) is 32.3 Å². The molecule has 0 aromatic carbocycles. The first-order valence-electron chi connectivity index (χ1n) is 7.02. The number of carbonyl (C=O) groups is 1. The van der Waals surface area contributed by atoms with Gasteiger partial charge in [-0.25, -0.2) is 0 Å². The number of nitrogens with zero attached hydrogens (tertiary/aromatic N) is 1. The van der Waals surface area contributed by atoms with Gasteiger partial charge in [0.25, 0.3) is 0 Å². The van der Waals surface area contributed by atoms with Gasteiger partial charge in [0.05, 0.1) is 5.41 Å². The quantitative estimate of drug-likeness (QED) is 0.857. The summed E-state index contributed by atoms with van der Waals surface area (Å²) in [5.74, 6) is 1.52. The molecular weight excluding hydrogens is 248 g/mol. The Balaban J connectivity index is 0.00000162. The molecule has 1 saturated heterocycles. The zero-order chi connectivity index (χ0) is 12.5. The van der Waals surface area contributed by atoms with Crippen LogP contribution in [0.1, 0.15) is 39.5 Å². The van der Waals surface area contributed by atoms with E-state index in [1.54, 1.807) is 0 Å². The van der Waals surface area contributed by atoms with Crippen molar-refractivity contribution in [1.82, 2.24) is 10.2 Å². The highest BCUT2D eigenvalue weighted by molar-refractivity contribution is 5.85. The van der Waals surface area contributed by atoms with E-state index in [1.165, 1.54) is 19.3 Å². The summed E-state index contributed by atoms with van der Waals surface area (Å²) in [7, 11) is 1.97. The number of fused-ring (bicyclic) bond motifs is 1. The van der Waals surface area contributed by atoms with Crippen molar-refractivity contribution in [1.29, 1.82) is 0 Å². The minimum atomic E-state index is -0.0676. The van der Waals surface area contributed by atoms with Gasteiger partial charge in [-0.15, -0.1) is 12.4 Å². The summed E-state index contributed by atoms with van der Waals surface area (Å²) >= 11 is 0. The lowest BCUT2D eigenvalue weighted by atomic mass is 9.67. The van der Waals surface area contributed by atoms with Crippen LogP contribution in [0.4, 0.5) is 0 Å². The Morgan fingerprint density at radius 1 is 1.44 bits per heavy atom. The summed E-state index contributed by atoms with van der Waals surface area (Å²) in [4.78, 5) is 14.7. The first-order valence-corrected chi connectivity index (χ1v) is 7.02. The lowest BCUT2D eigenvalue weighted by Crippen LogP contribution is -2.49. The van der Waals surface area contributed by atoms with Crippen LogP contribution < -0.4 is 5.32 Å². The fourth-order valence-electron chi connectivity index (χ4n) is 3.68. The standard InChI is InChI=1S/C14H26N2O.ClH/c1-11(2)9-16(3)13(17)14-7-5-4-6-12(14)8-15-10-14;/h11-12,15H,4-10H2,1-3H3;1H/t12-,14+;/m0./s1. The van der Waals surface area contributed by atoms with Gasteiger partial charge < -0.3 is 10.2 Å². The fourth-order valence-corrected chi connectivity index (χ4v) is 3.68. The Hall–Kier alpha value is -0.280. The molecule has 4 heteroatoms. The molecule has 1 saturated carbocycles. The second kappa shape index (κ2) is 6.25. The second-order valence-corrected chi connectivity index (χ2v) is 6.31. The van der Waals surface area contributed by atoms with E-state index in [1.807, 2.05) is 11.9 Å². The predicted molar refractivity (Wildman–Crippen MR) is 77.0 cm³/mol. The Morgan fingerprint density at radius 3 is 2.83 bits per heavy atom. The summed E-state index contributed by atoms with van der Waals surface area (Å²) in [5.41, 5.74) is -0.0676. The van der Waals surface area contributed by atoms with Crippen LogP contribution in [0, 0.1) is 17.3 Å². The molecule has 3 nitrogen and oxygen atoms in total. The Kier molecular flexibility index (Phi) is 5.47. The van der Waals surface area contributed by atoms with Crippen LogP contribution >= 0.6 is 12.4 Å². The van der Waals surface area contributed by atoms with Crippen LogP contribution in [0.5, 0.6) is 0 Å². The number of nitrogens with one attached hydrogen (secondary N) is 1. The number of hydrogen-bond donors (Lipinski definition) is 1. The molecule has 0 aromatic heterocycles. The maximum absolute atomic E-state index is 12.7. The number of amides is 1. The van der Waals surface area contributed by atoms with Gasteiger partial charge in [-0.1, -0.05) is 26.7 Å². The number of hydrogen-bond acceptors (Lipinski definition) is 2. The van der Waals surface area contributed by atoms with E-state index in [9.17, 15) is 4.79 Å². The molecule has 1 amide bonds. The SMILES string of the molecule is CC(C)CN(C)C(=O)[C@@]12CCCC[C@H]1CNC2.Cl. The second-order valence-electron chi connectivity index (χ2n) is 6.31. The molecular formula is C14H27ClN2O. The average Bonchev–Trinajstić information content (AvgIpc) is 2.71. The molecule has 106 valence electrons. The minimum absolute atomic E-state index is 0. The molecule has 1 aliphatic heterocycles. The molecule has 0 unspecified atom stereocenters. The molecule has 0 bridgehead atoms. The molecule has 2 aliphatic rings. The van der Waals surface area contributed by atoms with Crippen LogP contribution in [0.3, 0.4) is 0 Å². The first-order chi connectivity index (χ1) is 8.06. The van der Waals surface area contributed by atoms with Crippen molar-refractivity contribution in [2.75, 3.05) is 26.7 Å². The molecule has 1 N–H and O–H groups in total. The van der Waals surface area contributed by atoms with Crippen molar-refractivity contribution in [3.63, 3.8) is 0 Å². The maximum Gasteiger partial charge on any atom is 0.230 e. The van der Waals surface area contributed by atoms with Gasteiger partial charge in [0, 0.05) is 20.1 Å². The number of rotatable bonds is 3. The third-order valence-electron chi connectivity index (χ3n) is 4.45. The fraction of sp³-hybridized carbons (Fsp3) is 0.929. The summed E-state index contributed by atoms with van der Waals surface area (Å²) < 4.78 is 0. The van der Waals surface area contributed by atoms with E-state index in [0.29, 0.717) is 17.7 Å². The molecule has 1 heterocycles. The van der Waals surface area contributed by atoms with Gasteiger partial charge >= 0.3 is 0 Å². The van der Waals surface area contributed by atoms with Crippen LogP contribution in [0.25, 0.3) is 0 Å². The summed E-state index contributed by atoms with van der Waals surface area (Å²) in [6, 6.07) is 0. The van der Waals surface area contributed by atoms with Crippen molar-refractivity contribution in [3.05, 3.63) is 0 Å². The summed E-state index contributed by atoms with van der Waals surface area (Å²) in [6.07, 6.45) is 4.84. The monoisotopic (exact) mass is 274 g/mol. The van der Waals surface area contributed by atoms with Gasteiger partial charge in [-0.05, 0) is 31.2 Å². The van der Waals surface area contributed by atoms with Gasteiger partial charge in [-0.2, -0.15) is 0 Å². The van der Waals surface area contributed by atoms with Gasteiger partial charge in [-0.3, -0.25) is 4.79 Å². The zero-order valence-electron chi connectivity index (χ0n) is 11.9. The lowest BCUT2D eigenvalue weighted by Gasteiger charge is -2.40. The first kappa shape index (κ1) is 15.8. The van der Waals surface area contributed by atoms with Crippen molar-refractivity contribution in [3.8, 4) is 0 Å². The van der Waals surface area contributed by atoms with E-state index in [-0.39, 0.29) is 17.8 Å². The third kappa shape index (κ3) is 2.83. The average molecular weight is 275 g/mol. The van der Waals surface area contributed by atoms with Crippen molar-refractivity contribution in [2.45, 2.75) is 39.5 Å². The van der Waals surface area contributed by atoms with Gasteiger partial charge in [0.2, 0.25) is 5.91 Å². The molecule has 0 spiro atoms. The number of halogens is 1. The zero-order valence-corrected chi connectivity index (χ0v) is 12.7. The molecule has 2 rings (SSSR count). The van der Waals surface area contributed by atoms with Crippen molar-refractivity contribution >= 4 is 18.3 Å². The normalized spacial score (nSPS) is 30.8. The predicted octanol–water partition coefficient (Wildman–Crippen LogP) is 2.30. The molecule has 1 aliphatic carbocycles. The minimum Gasteiger partial charge on any atom is -0.345 e. The van der Waals surface area contributed by atoms with E-state index < -0.39 is 0 Å². The highest BCUT2D eigenvalue weighted by Crippen LogP contribution is 2.44. The Labute approximate surface area is 117 Å². The van der Waals surface area contributed by atoms with Gasteiger partial charge in [0.15, 0.2) is 0 Å². The molecule has 0 radical (unpaired) electrons. The number of carbonyl (C=O) groups excluding carboxylic acids is 1. The lowest BCUT2D eigenvalue weighted by molar-refractivity contribution is -0.144. The van der Waals surface area contributed by atoms with E-state index in [4.69, 9.17) is 0 Å². The van der Waals surface area contributed by atoms with Crippen LogP contribution in [0.15, 0.2) is 0 Å². The van der Waals surface area contributed by atoms with Crippen LogP contribution in [-0.2, 0) is 4.79 Å². The highest BCUT2D eigenvalue weighted by atomic mass is 35.5. The molecule has 18 heavy (non-hydrogen) atoms. The maximum atomic E-state index is 12.7. The van der Waals surface area contributed by atoms with Crippen LogP contribution in [-0.4, -0.2) is 37.5 Å². The molecule has 0 aromatic rings. The third-order valence-corrected chi connectivity index (χ3v) is 4.45. The molecule has 2 atom stereocenters. The van der Waals surface area contributed by atoms with E-state index in [0.717, 1.165) is 26.1 Å². The van der Waals surface area contributed by atoms with Gasteiger partial charge in [0.1, 0.15) is 0 Å². The summed E-state index contributed by atoms with van der Waals surface area (Å²) in [6.45, 7) is 7.17. The smallest absolute Gasteiger partial charge is 0.230 e. The van der Waals surface area contributed by atoms with Crippen LogP contribution in [0.2, 0.25) is 0 Å². The molecule has 2 fully saturated rings. The van der Waals surface area contributed by atoms with E-state index in [2.05, 4.69) is 19.2 Å². The Morgan fingerprint density at radius 2 is 2.17 bits per heavy atom. The largest absolute Gasteiger partial charge is 0.345 e.